The van der Waals surface area contributed by atoms with Gasteiger partial charge in [0.05, 0.1) is 5.56 Å². The van der Waals surface area contributed by atoms with Crippen LogP contribution >= 0.6 is 12.4 Å². The largest absolute Gasteiger partial charge is 0.345 e. The molecule has 1 aliphatic heterocycles. The lowest BCUT2D eigenvalue weighted by molar-refractivity contribution is 0.0776. The number of halogens is 1. The van der Waals surface area contributed by atoms with Gasteiger partial charge in [0.2, 0.25) is 0 Å². The molecule has 1 aromatic rings. The minimum atomic E-state index is 0. The molecule has 4 nitrogen and oxygen atoms in total. The molecule has 1 unspecified atom stereocenters. The Morgan fingerprint density at radius 2 is 2.10 bits per heavy atom. The van der Waals surface area contributed by atoms with Crippen LogP contribution in [0.5, 0.6) is 0 Å². The molecule has 2 aliphatic rings. The molecule has 0 spiro atoms. The predicted octanol–water partition coefficient (Wildman–Crippen LogP) is 2.67. The molecule has 1 saturated heterocycles. The number of hydrogen-bond donors (Lipinski definition) is 1. The van der Waals surface area contributed by atoms with Gasteiger partial charge in [-0.3, -0.25) is 4.79 Å². The van der Waals surface area contributed by atoms with Crippen molar-refractivity contribution in [3.8, 4) is 0 Å². The first-order chi connectivity index (χ1) is 9.45. The number of hydrogen-bond acceptors (Lipinski definition) is 2. The second kappa shape index (κ2) is 5.65. The molecule has 2 fully saturated rings. The standard InChI is InChI=1S/C16H25N3O.ClH/c1-11-8-14(12(2)19(11)13-4-5-13)15(20)18-7-6-16(3,9-17)10-18;/h8,13H,4-7,9-10,17H2,1-3H3;1H. The third-order valence-corrected chi connectivity index (χ3v) is 4.96. The average Bonchev–Trinajstić information content (AvgIpc) is 3.10. The maximum atomic E-state index is 12.8. The summed E-state index contributed by atoms with van der Waals surface area (Å²) in [7, 11) is 0. The Morgan fingerprint density at radius 3 is 2.62 bits per heavy atom. The lowest BCUT2D eigenvalue weighted by atomic mass is 9.90. The van der Waals surface area contributed by atoms with Crippen molar-refractivity contribution in [2.75, 3.05) is 19.6 Å². The van der Waals surface area contributed by atoms with Gasteiger partial charge in [-0.2, -0.15) is 0 Å². The highest BCUT2D eigenvalue weighted by molar-refractivity contribution is 5.96. The fourth-order valence-electron chi connectivity index (χ4n) is 3.42. The van der Waals surface area contributed by atoms with E-state index in [0.29, 0.717) is 12.6 Å². The minimum absolute atomic E-state index is 0. The van der Waals surface area contributed by atoms with E-state index in [1.807, 2.05) is 4.90 Å². The third-order valence-electron chi connectivity index (χ3n) is 4.96. The van der Waals surface area contributed by atoms with E-state index < -0.39 is 0 Å². The van der Waals surface area contributed by atoms with Crippen LogP contribution in [-0.4, -0.2) is 35.0 Å². The number of nitrogens with two attached hydrogens (primary N) is 1. The maximum absolute atomic E-state index is 12.8. The van der Waals surface area contributed by atoms with Crippen LogP contribution in [0, 0.1) is 19.3 Å². The maximum Gasteiger partial charge on any atom is 0.255 e. The van der Waals surface area contributed by atoms with Crippen LogP contribution in [0.3, 0.4) is 0 Å². The minimum Gasteiger partial charge on any atom is -0.345 e. The molecule has 1 aliphatic carbocycles. The number of nitrogens with zero attached hydrogens (tertiary/aromatic N) is 2. The molecule has 1 aromatic heterocycles. The topological polar surface area (TPSA) is 51.3 Å². The second-order valence-corrected chi connectivity index (χ2v) is 6.88. The van der Waals surface area contributed by atoms with Crippen LogP contribution < -0.4 is 5.73 Å². The number of carbonyl (C=O) groups is 1. The van der Waals surface area contributed by atoms with Gasteiger partial charge < -0.3 is 15.2 Å². The Hall–Kier alpha value is -1.000. The Balaban J connectivity index is 0.00000161. The first-order valence-corrected chi connectivity index (χ1v) is 7.63. The molecule has 1 saturated carbocycles. The summed E-state index contributed by atoms with van der Waals surface area (Å²) in [5.41, 5.74) is 9.17. The summed E-state index contributed by atoms with van der Waals surface area (Å²) in [5, 5.41) is 0. The smallest absolute Gasteiger partial charge is 0.255 e. The van der Waals surface area contributed by atoms with Gasteiger partial charge in [0.25, 0.3) is 5.91 Å². The molecule has 3 rings (SSSR count). The Morgan fingerprint density at radius 1 is 1.43 bits per heavy atom. The molecule has 1 amide bonds. The molecule has 2 heterocycles. The number of carbonyl (C=O) groups excluding carboxylic acids is 1. The van der Waals surface area contributed by atoms with Crippen molar-refractivity contribution in [2.24, 2.45) is 11.1 Å². The zero-order valence-electron chi connectivity index (χ0n) is 13.2. The molecule has 0 radical (unpaired) electrons. The molecule has 0 aromatic carbocycles. The third kappa shape index (κ3) is 2.84. The van der Waals surface area contributed by atoms with Gasteiger partial charge in [0.15, 0.2) is 0 Å². The fraction of sp³-hybridized carbons (Fsp3) is 0.688. The van der Waals surface area contributed by atoms with Gasteiger partial charge in [0, 0.05) is 30.5 Å². The SMILES string of the molecule is Cc1cc(C(=O)N2CCC(C)(CN)C2)c(C)n1C1CC1.Cl. The average molecular weight is 312 g/mol. The summed E-state index contributed by atoms with van der Waals surface area (Å²) in [5.74, 6) is 0.183. The molecule has 0 bridgehead atoms. The number of likely N-dealkylation sites (tertiary alicyclic amines) is 1. The molecule has 1 atom stereocenters. The molecule has 118 valence electrons. The van der Waals surface area contributed by atoms with E-state index in [1.165, 1.54) is 18.5 Å². The van der Waals surface area contributed by atoms with Crippen molar-refractivity contribution < 1.29 is 4.79 Å². The van der Waals surface area contributed by atoms with Crippen molar-refractivity contribution in [3.63, 3.8) is 0 Å². The van der Waals surface area contributed by atoms with Crippen molar-refractivity contribution in [2.45, 2.75) is 46.1 Å². The quantitative estimate of drug-likeness (QED) is 0.933. The zero-order valence-corrected chi connectivity index (χ0v) is 14.0. The summed E-state index contributed by atoms with van der Waals surface area (Å²) in [6, 6.07) is 2.69. The van der Waals surface area contributed by atoms with E-state index in [-0.39, 0.29) is 23.7 Å². The predicted molar refractivity (Wildman–Crippen MR) is 87.1 cm³/mol. The van der Waals surface area contributed by atoms with Crippen LogP contribution in [0.15, 0.2) is 6.07 Å². The van der Waals surface area contributed by atoms with E-state index in [2.05, 4.69) is 31.4 Å². The highest BCUT2D eigenvalue weighted by atomic mass is 35.5. The molecule has 5 heteroatoms. The first-order valence-electron chi connectivity index (χ1n) is 7.63. The summed E-state index contributed by atoms with van der Waals surface area (Å²) in [6.45, 7) is 8.63. The summed E-state index contributed by atoms with van der Waals surface area (Å²) in [6.07, 6.45) is 3.51. The Bertz CT molecular complexity index is 550. The van der Waals surface area contributed by atoms with Gasteiger partial charge >= 0.3 is 0 Å². The van der Waals surface area contributed by atoms with Crippen molar-refractivity contribution in [1.29, 1.82) is 0 Å². The van der Waals surface area contributed by atoms with Gasteiger partial charge in [0.1, 0.15) is 0 Å². The summed E-state index contributed by atoms with van der Waals surface area (Å²) in [4.78, 5) is 14.7. The van der Waals surface area contributed by atoms with Crippen molar-refractivity contribution >= 4 is 18.3 Å². The van der Waals surface area contributed by atoms with Crippen molar-refractivity contribution in [1.82, 2.24) is 9.47 Å². The molecule has 21 heavy (non-hydrogen) atoms. The first kappa shape index (κ1) is 16.4. The van der Waals surface area contributed by atoms with Crippen LogP contribution in [0.4, 0.5) is 0 Å². The van der Waals surface area contributed by atoms with E-state index in [1.54, 1.807) is 0 Å². The molecule has 2 N–H and O–H groups in total. The normalized spacial score (nSPS) is 25.0. The van der Waals surface area contributed by atoms with Gasteiger partial charge in [-0.15, -0.1) is 12.4 Å². The number of aryl methyl sites for hydroxylation is 1. The molecular formula is C16H26ClN3O. The number of amides is 1. The van der Waals surface area contributed by atoms with Crippen LogP contribution in [0.1, 0.15) is 54.0 Å². The van der Waals surface area contributed by atoms with Crippen LogP contribution in [0.2, 0.25) is 0 Å². The summed E-state index contributed by atoms with van der Waals surface area (Å²) >= 11 is 0. The second-order valence-electron chi connectivity index (χ2n) is 6.88. The van der Waals surface area contributed by atoms with Crippen LogP contribution in [-0.2, 0) is 0 Å². The van der Waals surface area contributed by atoms with Gasteiger partial charge in [-0.25, -0.2) is 0 Å². The number of rotatable bonds is 3. The Kier molecular flexibility index (Phi) is 4.41. The number of aromatic nitrogens is 1. The lowest BCUT2D eigenvalue weighted by Crippen LogP contribution is -2.34. The monoisotopic (exact) mass is 311 g/mol. The van der Waals surface area contributed by atoms with E-state index in [4.69, 9.17) is 5.73 Å². The van der Waals surface area contributed by atoms with E-state index >= 15 is 0 Å². The van der Waals surface area contributed by atoms with Gasteiger partial charge in [-0.1, -0.05) is 6.92 Å². The van der Waals surface area contributed by atoms with E-state index in [0.717, 1.165) is 30.8 Å². The zero-order chi connectivity index (χ0) is 14.5. The highest BCUT2D eigenvalue weighted by Crippen LogP contribution is 2.39. The van der Waals surface area contributed by atoms with Gasteiger partial charge in [-0.05, 0) is 51.1 Å². The Labute approximate surface area is 133 Å². The van der Waals surface area contributed by atoms with Crippen LogP contribution in [0.25, 0.3) is 0 Å². The van der Waals surface area contributed by atoms with Crippen molar-refractivity contribution in [3.05, 3.63) is 23.0 Å². The van der Waals surface area contributed by atoms with E-state index in [9.17, 15) is 4.79 Å². The fourth-order valence-corrected chi connectivity index (χ4v) is 3.42. The molecular weight excluding hydrogens is 286 g/mol. The highest BCUT2D eigenvalue weighted by Gasteiger charge is 2.36. The summed E-state index contributed by atoms with van der Waals surface area (Å²) < 4.78 is 2.34. The lowest BCUT2D eigenvalue weighted by Gasteiger charge is -2.22.